The molecule has 1 heterocycles. The number of rotatable bonds is 3. The Bertz CT molecular complexity index is 295. The van der Waals surface area contributed by atoms with Crippen LogP contribution in [0.15, 0.2) is 0 Å². The van der Waals surface area contributed by atoms with Gasteiger partial charge >= 0.3 is 0 Å². The summed E-state index contributed by atoms with van der Waals surface area (Å²) in [6.07, 6.45) is 0. The fourth-order valence-corrected chi connectivity index (χ4v) is 2.84. The summed E-state index contributed by atoms with van der Waals surface area (Å²) in [7, 11) is 0. The number of nitrogens with two attached hydrogens (primary N) is 1. The maximum Gasteiger partial charge on any atom is 0.227 e. The zero-order valence-electron chi connectivity index (χ0n) is 12.6. The standard InChI is InChI=1S/C14H28N2O2/c1-10(2)11(7-15)12(17)16-8-13(3,4)18-14(5,6)9-16/h10-11H,7-9,15H2,1-6H3. The number of ether oxygens (including phenoxy) is 1. The van der Waals surface area contributed by atoms with Crippen LogP contribution in [0.1, 0.15) is 41.5 Å². The lowest BCUT2D eigenvalue weighted by molar-refractivity contribution is -0.190. The first-order valence-corrected chi connectivity index (χ1v) is 6.77. The Morgan fingerprint density at radius 3 is 2.00 bits per heavy atom. The molecule has 0 spiro atoms. The van der Waals surface area contributed by atoms with Gasteiger partial charge in [0.1, 0.15) is 0 Å². The van der Waals surface area contributed by atoms with Gasteiger partial charge in [-0.1, -0.05) is 13.8 Å². The fraction of sp³-hybridized carbons (Fsp3) is 0.929. The summed E-state index contributed by atoms with van der Waals surface area (Å²) in [5.74, 6) is 0.350. The molecule has 0 saturated carbocycles. The Labute approximate surface area is 111 Å². The summed E-state index contributed by atoms with van der Waals surface area (Å²) in [5, 5.41) is 0. The molecule has 0 radical (unpaired) electrons. The van der Waals surface area contributed by atoms with Crippen molar-refractivity contribution in [1.29, 1.82) is 0 Å². The zero-order chi connectivity index (χ0) is 14.1. The normalized spacial score (nSPS) is 24.1. The van der Waals surface area contributed by atoms with Crippen LogP contribution in [0.5, 0.6) is 0 Å². The van der Waals surface area contributed by atoms with Crippen molar-refractivity contribution in [2.45, 2.75) is 52.7 Å². The van der Waals surface area contributed by atoms with Crippen LogP contribution in [0, 0.1) is 11.8 Å². The highest BCUT2D eigenvalue weighted by Gasteiger charge is 2.41. The minimum atomic E-state index is -0.298. The smallest absolute Gasteiger partial charge is 0.227 e. The molecule has 1 unspecified atom stereocenters. The molecule has 1 fully saturated rings. The summed E-state index contributed by atoms with van der Waals surface area (Å²) in [5.41, 5.74) is 5.14. The molecule has 2 N–H and O–H groups in total. The number of amides is 1. The second-order valence-corrected chi connectivity index (χ2v) is 6.90. The highest BCUT2D eigenvalue weighted by Crippen LogP contribution is 2.29. The van der Waals surface area contributed by atoms with Gasteiger partial charge in [-0.05, 0) is 33.6 Å². The summed E-state index contributed by atoms with van der Waals surface area (Å²) in [6, 6.07) is 0. The highest BCUT2D eigenvalue weighted by atomic mass is 16.5. The minimum absolute atomic E-state index is 0.0882. The van der Waals surface area contributed by atoms with Crippen molar-refractivity contribution in [1.82, 2.24) is 4.90 Å². The Balaban J connectivity index is 2.85. The van der Waals surface area contributed by atoms with Crippen molar-refractivity contribution in [3.63, 3.8) is 0 Å². The van der Waals surface area contributed by atoms with Gasteiger partial charge in [0.2, 0.25) is 5.91 Å². The highest BCUT2D eigenvalue weighted by molar-refractivity contribution is 5.79. The summed E-state index contributed by atoms with van der Waals surface area (Å²) in [4.78, 5) is 14.5. The number of morpholine rings is 1. The minimum Gasteiger partial charge on any atom is -0.366 e. The van der Waals surface area contributed by atoms with Gasteiger partial charge in [-0.2, -0.15) is 0 Å². The van der Waals surface area contributed by atoms with Crippen LogP contribution in [-0.2, 0) is 9.53 Å². The zero-order valence-corrected chi connectivity index (χ0v) is 12.6. The lowest BCUT2D eigenvalue weighted by Crippen LogP contribution is -2.60. The van der Waals surface area contributed by atoms with E-state index in [0.29, 0.717) is 19.6 Å². The molecule has 0 aromatic carbocycles. The largest absolute Gasteiger partial charge is 0.366 e. The molecule has 1 rings (SSSR count). The lowest BCUT2D eigenvalue weighted by Gasteiger charge is -2.48. The van der Waals surface area contributed by atoms with E-state index >= 15 is 0 Å². The SMILES string of the molecule is CC(C)C(CN)C(=O)N1CC(C)(C)OC(C)(C)C1. The molecule has 1 aliphatic heterocycles. The topological polar surface area (TPSA) is 55.6 Å². The number of nitrogens with zero attached hydrogens (tertiary/aromatic N) is 1. The monoisotopic (exact) mass is 256 g/mol. The molecule has 0 bridgehead atoms. The number of carbonyl (C=O) groups is 1. The van der Waals surface area contributed by atoms with E-state index in [-0.39, 0.29) is 28.9 Å². The van der Waals surface area contributed by atoms with E-state index in [1.54, 1.807) is 0 Å². The first-order valence-electron chi connectivity index (χ1n) is 6.77. The van der Waals surface area contributed by atoms with Crippen LogP contribution in [0.25, 0.3) is 0 Å². The number of hydrogen-bond acceptors (Lipinski definition) is 3. The van der Waals surface area contributed by atoms with Crippen LogP contribution in [0.4, 0.5) is 0 Å². The average molecular weight is 256 g/mol. The summed E-state index contributed by atoms with van der Waals surface area (Å²) < 4.78 is 5.99. The van der Waals surface area contributed by atoms with Crippen LogP contribution >= 0.6 is 0 Å². The average Bonchev–Trinajstić information content (AvgIpc) is 2.12. The van der Waals surface area contributed by atoms with Gasteiger partial charge in [-0.3, -0.25) is 4.79 Å². The van der Waals surface area contributed by atoms with Crippen molar-refractivity contribution in [2.24, 2.45) is 17.6 Å². The van der Waals surface area contributed by atoms with E-state index in [2.05, 4.69) is 0 Å². The molecule has 0 aromatic rings. The Hall–Kier alpha value is -0.610. The first-order chi connectivity index (χ1) is 8.08. The molecular weight excluding hydrogens is 228 g/mol. The quantitative estimate of drug-likeness (QED) is 0.835. The maximum atomic E-state index is 12.5. The van der Waals surface area contributed by atoms with Gasteiger partial charge < -0.3 is 15.4 Å². The number of hydrogen-bond donors (Lipinski definition) is 1. The Morgan fingerprint density at radius 1 is 1.22 bits per heavy atom. The van der Waals surface area contributed by atoms with E-state index < -0.39 is 0 Å². The maximum absolute atomic E-state index is 12.5. The second kappa shape index (κ2) is 5.17. The van der Waals surface area contributed by atoms with Gasteiger partial charge in [0.25, 0.3) is 0 Å². The molecule has 1 saturated heterocycles. The third-order valence-corrected chi connectivity index (χ3v) is 3.38. The van der Waals surface area contributed by atoms with E-state index in [9.17, 15) is 4.79 Å². The molecule has 4 nitrogen and oxygen atoms in total. The Morgan fingerprint density at radius 2 is 1.67 bits per heavy atom. The van der Waals surface area contributed by atoms with E-state index in [1.165, 1.54) is 0 Å². The Kier molecular flexibility index (Phi) is 4.44. The third-order valence-electron chi connectivity index (χ3n) is 3.38. The van der Waals surface area contributed by atoms with Gasteiger partial charge in [0.15, 0.2) is 0 Å². The van der Waals surface area contributed by atoms with Crippen LogP contribution in [0.2, 0.25) is 0 Å². The summed E-state index contributed by atoms with van der Waals surface area (Å²) in [6.45, 7) is 13.9. The van der Waals surface area contributed by atoms with Crippen molar-refractivity contribution in [3.8, 4) is 0 Å². The van der Waals surface area contributed by atoms with Crippen LogP contribution in [-0.4, -0.2) is 41.6 Å². The van der Waals surface area contributed by atoms with Crippen molar-refractivity contribution < 1.29 is 9.53 Å². The second-order valence-electron chi connectivity index (χ2n) is 6.90. The molecule has 1 aliphatic rings. The van der Waals surface area contributed by atoms with Crippen LogP contribution in [0.3, 0.4) is 0 Å². The molecular formula is C14H28N2O2. The fourth-order valence-electron chi connectivity index (χ4n) is 2.84. The van der Waals surface area contributed by atoms with E-state index in [4.69, 9.17) is 10.5 Å². The van der Waals surface area contributed by atoms with Crippen molar-refractivity contribution in [3.05, 3.63) is 0 Å². The van der Waals surface area contributed by atoms with E-state index in [1.807, 2.05) is 46.4 Å². The third kappa shape index (κ3) is 3.69. The molecule has 4 heteroatoms. The van der Waals surface area contributed by atoms with Gasteiger partial charge in [0.05, 0.1) is 17.1 Å². The van der Waals surface area contributed by atoms with Crippen molar-refractivity contribution in [2.75, 3.05) is 19.6 Å². The van der Waals surface area contributed by atoms with E-state index in [0.717, 1.165) is 0 Å². The molecule has 18 heavy (non-hydrogen) atoms. The molecule has 0 aromatic heterocycles. The lowest BCUT2D eigenvalue weighted by atomic mass is 9.91. The molecule has 1 amide bonds. The molecule has 0 aliphatic carbocycles. The predicted octanol–water partition coefficient (Wildman–Crippen LogP) is 1.63. The van der Waals surface area contributed by atoms with Crippen LogP contribution < -0.4 is 5.73 Å². The van der Waals surface area contributed by atoms with Crippen molar-refractivity contribution >= 4 is 5.91 Å². The first kappa shape index (κ1) is 15.4. The van der Waals surface area contributed by atoms with Gasteiger partial charge in [-0.15, -0.1) is 0 Å². The van der Waals surface area contributed by atoms with Gasteiger partial charge in [0, 0.05) is 19.6 Å². The predicted molar refractivity (Wildman–Crippen MR) is 73.2 cm³/mol. The summed E-state index contributed by atoms with van der Waals surface area (Å²) >= 11 is 0. The van der Waals surface area contributed by atoms with Gasteiger partial charge in [-0.25, -0.2) is 0 Å². The molecule has 1 atom stereocenters. The molecule has 106 valence electrons. The number of carbonyl (C=O) groups excluding carboxylic acids is 1.